The fourth-order valence-corrected chi connectivity index (χ4v) is 2.56. The second kappa shape index (κ2) is 5.71. The molecular weight excluding hydrogens is 238 g/mol. The summed E-state index contributed by atoms with van der Waals surface area (Å²) in [5.74, 6) is 0. The van der Waals surface area contributed by atoms with Crippen LogP contribution in [0.1, 0.15) is 18.4 Å². The van der Waals surface area contributed by atoms with E-state index in [1.54, 1.807) is 7.11 Å². The van der Waals surface area contributed by atoms with E-state index in [2.05, 4.69) is 4.90 Å². The highest BCUT2D eigenvalue weighted by molar-refractivity contribution is 6.33. The van der Waals surface area contributed by atoms with E-state index in [4.69, 9.17) is 21.4 Å². The highest BCUT2D eigenvalue weighted by atomic mass is 35.5. The van der Waals surface area contributed by atoms with Crippen LogP contribution in [0.2, 0.25) is 5.02 Å². The molecule has 0 amide bonds. The number of nitrogens with zero attached hydrogens (tertiary/aromatic N) is 1. The van der Waals surface area contributed by atoms with Crippen LogP contribution in [0.15, 0.2) is 18.2 Å². The molecule has 0 aromatic heterocycles. The monoisotopic (exact) mass is 255 g/mol. The van der Waals surface area contributed by atoms with E-state index in [1.807, 2.05) is 18.2 Å². The number of rotatable bonds is 3. The minimum Gasteiger partial charge on any atom is -0.392 e. The van der Waals surface area contributed by atoms with Gasteiger partial charge in [0.15, 0.2) is 0 Å². The fraction of sp³-hybridized carbons (Fsp3) is 0.538. The molecule has 1 aliphatic rings. The molecule has 2 rings (SSSR count). The zero-order chi connectivity index (χ0) is 12.3. The maximum absolute atomic E-state index is 9.04. The van der Waals surface area contributed by atoms with Crippen molar-refractivity contribution >= 4 is 17.3 Å². The number of halogens is 1. The summed E-state index contributed by atoms with van der Waals surface area (Å²) in [5, 5.41) is 9.76. The molecule has 1 aromatic rings. The van der Waals surface area contributed by atoms with Crippen LogP contribution >= 0.6 is 11.6 Å². The van der Waals surface area contributed by atoms with E-state index in [0.29, 0.717) is 11.1 Å². The van der Waals surface area contributed by atoms with Crippen LogP contribution in [0.3, 0.4) is 0 Å². The van der Waals surface area contributed by atoms with Crippen molar-refractivity contribution in [2.45, 2.75) is 25.6 Å². The first-order chi connectivity index (χ1) is 8.24. The molecule has 0 spiro atoms. The molecule has 0 aliphatic carbocycles. The van der Waals surface area contributed by atoms with E-state index >= 15 is 0 Å². The molecule has 1 N–H and O–H groups in total. The molecular formula is C13H18ClNO2. The van der Waals surface area contributed by atoms with E-state index < -0.39 is 0 Å². The number of benzene rings is 1. The van der Waals surface area contributed by atoms with Gasteiger partial charge in [0.1, 0.15) is 0 Å². The van der Waals surface area contributed by atoms with Crippen LogP contribution in [0.5, 0.6) is 0 Å². The van der Waals surface area contributed by atoms with Crippen molar-refractivity contribution in [1.29, 1.82) is 0 Å². The molecule has 4 heteroatoms. The minimum atomic E-state index is 0.0335. The molecule has 1 heterocycles. The summed E-state index contributed by atoms with van der Waals surface area (Å²) >= 11 is 6.23. The van der Waals surface area contributed by atoms with Crippen LogP contribution in [0, 0.1) is 0 Å². The van der Waals surface area contributed by atoms with Crippen LogP contribution < -0.4 is 4.90 Å². The van der Waals surface area contributed by atoms with Crippen LogP contribution in [-0.4, -0.2) is 31.4 Å². The van der Waals surface area contributed by atoms with Gasteiger partial charge in [-0.15, -0.1) is 0 Å². The number of hydrogen-bond acceptors (Lipinski definition) is 3. The van der Waals surface area contributed by atoms with Gasteiger partial charge in [-0.2, -0.15) is 0 Å². The van der Waals surface area contributed by atoms with Gasteiger partial charge in [0.05, 0.1) is 23.4 Å². The van der Waals surface area contributed by atoms with Crippen molar-refractivity contribution < 1.29 is 9.84 Å². The lowest BCUT2D eigenvalue weighted by molar-refractivity contribution is 0.0819. The van der Waals surface area contributed by atoms with Crippen LogP contribution in [0.25, 0.3) is 0 Å². The second-order valence-electron chi connectivity index (χ2n) is 4.37. The molecule has 1 aliphatic heterocycles. The van der Waals surface area contributed by atoms with Gasteiger partial charge in [0.25, 0.3) is 0 Å². The zero-order valence-corrected chi connectivity index (χ0v) is 10.8. The Bertz CT molecular complexity index is 376. The standard InChI is InChI=1S/C13H18ClNO2/c1-17-11-4-6-15(7-5-11)13-3-2-10(9-16)8-12(13)14/h2-3,8,11,16H,4-7,9H2,1H3. The molecule has 0 unspecified atom stereocenters. The minimum absolute atomic E-state index is 0.0335. The third-order valence-corrected chi connectivity index (χ3v) is 3.61. The molecule has 1 fully saturated rings. The van der Waals surface area contributed by atoms with Crippen LogP contribution in [0.4, 0.5) is 5.69 Å². The summed E-state index contributed by atoms with van der Waals surface area (Å²) in [7, 11) is 1.77. The number of anilines is 1. The zero-order valence-electron chi connectivity index (χ0n) is 10.0. The Labute approximate surface area is 107 Å². The number of ether oxygens (including phenoxy) is 1. The molecule has 1 saturated heterocycles. The average Bonchev–Trinajstić information content (AvgIpc) is 2.39. The first-order valence-electron chi connectivity index (χ1n) is 5.91. The normalized spacial score (nSPS) is 17.5. The summed E-state index contributed by atoms with van der Waals surface area (Å²) in [6, 6.07) is 5.74. The molecule has 94 valence electrons. The van der Waals surface area contributed by atoms with Crippen molar-refractivity contribution in [3.8, 4) is 0 Å². The van der Waals surface area contributed by atoms with Gasteiger partial charge in [-0.3, -0.25) is 0 Å². The number of aliphatic hydroxyl groups excluding tert-OH is 1. The predicted octanol–water partition coefficient (Wildman–Crippen LogP) is 2.45. The Morgan fingerprint density at radius 2 is 2.12 bits per heavy atom. The molecule has 0 radical (unpaired) electrons. The van der Waals surface area contributed by atoms with Gasteiger partial charge >= 0.3 is 0 Å². The third kappa shape index (κ3) is 2.92. The lowest BCUT2D eigenvalue weighted by Crippen LogP contribution is -2.36. The van der Waals surface area contributed by atoms with Crippen molar-refractivity contribution in [2.24, 2.45) is 0 Å². The Morgan fingerprint density at radius 3 is 2.65 bits per heavy atom. The quantitative estimate of drug-likeness (QED) is 0.901. The molecule has 3 nitrogen and oxygen atoms in total. The highest BCUT2D eigenvalue weighted by Crippen LogP contribution is 2.29. The summed E-state index contributed by atoms with van der Waals surface area (Å²) < 4.78 is 5.35. The van der Waals surface area contributed by atoms with Crippen LogP contribution in [-0.2, 0) is 11.3 Å². The molecule has 17 heavy (non-hydrogen) atoms. The summed E-state index contributed by atoms with van der Waals surface area (Å²) in [5.41, 5.74) is 1.91. The molecule has 0 saturated carbocycles. The number of piperidine rings is 1. The Kier molecular flexibility index (Phi) is 4.26. The lowest BCUT2D eigenvalue weighted by atomic mass is 10.1. The first-order valence-corrected chi connectivity index (χ1v) is 6.29. The van der Waals surface area contributed by atoms with Crippen molar-refractivity contribution in [1.82, 2.24) is 0 Å². The van der Waals surface area contributed by atoms with E-state index in [0.717, 1.165) is 37.2 Å². The lowest BCUT2D eigenvalue weighted by Gasteiger charge is -2.33. The maximum atomic E-state index is 9.04. The number of hydrogen-bond donors (Lipinski definition) is 1. The SMILES string of the molecule is COC1CCN(c2ccc(CO)cc2Cl)CC1. The number of methoxy groups -OCH3 is 1. The maximum Gasteiger partial charge on any atom is 0.0682 e. The highest BCUT2D eigenvalue weighted by Gasteiger charge is 2.20. The predicted molar refractivity (Wildman–Crippen MR) is 69.6 cm³/mol. The summed E-state index contributed by atoms with van der Waals surface area (Å²) in [6.45, 7) is 1.97. The number of aliphatic hydroxyl groups is 1. The average molecular weight is 256 g/mol. The van der Waals surface area contributed by atoms with Crippen molar-refractivity contribution in [2.75, 3.05) is 25.1 Å². The van der Waals surface area contributed by atoms with Crippen molar-refractivity contribution in [3.05, 3.63) is 28.8 Å². The van der Waals surface area contributed by atoms with E-state index in [1.165, 1.54) is 0 Å². The second-order valence-corrected chi connectivity index (χ2v) is 4.77. The van der Waals surface area contributed by atoms with E-state index in [-0.39, 0.29) is 6.61 Å². The summed E-state index contributed by atoms with van der Waals surface area (Å²) in [4.78, 5) is 2.28. The Morgan fingerprint density at radius 1 is 1.41 bits per heavy atom. The fourth-order valence-electron chi connectivity index (χ4n) is 2.24. The van der Waals surface area contributed by atoms with Gasteiger partial charge in [-0.25, -0.2) is 0 Å². The topological polar surface area (TPSA) is 32.7 Å². The molecule has 0 atom stereocenters. The van der Waals surface area contributed by atoms with Gasteiger partial charge in [-0.1, -0.05) is 17.7 Å². The van der Waals surface area contributed by atoms with Crippen molar-refractivity contribution in [3.63, 3.8) is 0 Å². The van der Waals surface area contributed by atoms with Gasteiger partial charge in [0.2, 0.25) is 0 Å². The smallest absolute Gasteiger partial charge is 0.0682 e. The van der Waals surface area contributed by atoms with Gasteiger partial charge in [0, 0.05) is 20.2 Å². The van der Waals surface area contributed by atoms with Gasteiger partial charge in [-0.05, 0) is 30.5 Å². The Hall–Kier alpha value is -0.770. The first kappa shape index (κ1) is 12.7. The third-order valence-electron chi connectivity index (χ3n) is 3.31. The van der Waals surface area contributed by atoms with E-state index in [9.17, 15) is 0 Å². The summed E-state index contributed by atoms with van der Waals surface area (Å²) in [6.07, 6.45) is 2.45. The Balaban J connectivity index is 2.08. The van der Waals surface area contributed by atoms with Gasteiger partial charge < -0.3 is 14.7 Å². The largest absolute Gasteiger partial charge is 0.392 e. The molecule has 1 aromatic carbocycles. The molecule has 0 bridgehead atoms.